The molecule has 1 aromatic heterocycles. The number of aromatic nitrogens is 2. The van der Waals surface area contributed by atoms with Crippen LogP contribution in [0, 0.1) is 0 Å². The van der Waals surface area contributed by atoms with Crippen molar-refractivity contribution in [2.75, 3.05) is 12.4 Å². The van der Waals surface area contributed by atoms with Gasteiger partial charge in [-0.05, 0) is 42.5 Å². The molecule has 0 atom stereocenters. The van der Waals surface area contributed by atoms with Gasteiger partial charge in [0.2, 0.25) is 0 Å². The van der Waals surface area contributed by atoms with E-state index in [4.69, 9.17) is 4.74 Å². The fourth-order valence-electron chi connectivity index (χ4n) is 2.55. The SMILES string of the molecule is COc1ccc(NC(=O)c2ccc3c(=O)n(C)n(C)c(=O)c3c2)cc1. The summed E-state index contributed by atoms with van der Waals surface area (Å²) in [6, 6.07) is 11.4. The van der Waals surface area contributed by atoms with E-state index in [1.165, 1.54) is 41.7 Å². The van der Waals surface area contributed by atoms with Crippen LogP contribution in [0.1, 0.15) is 10.4 Å². The van der Waals surface area contributed by atoms with E-state index in [0.717, 1.165) is 0 Å². The number of fused-ring (bicyclic) bond motifs is 1. The Morgan fingerprint density at radius 3 is 2.12 bits per heavy atom. The number of anilines is 1. The zero-order valence-electron chi connectivity index (χ0n) is 14.1. The van der Waals surface area contributed by atoms with Crippen LogP contribution in [-0.2, 0) is 14.1 Å². The van der Waals surface area contributed by atoms with Crippen LogP contribution in [0.15, 0.2) is 52.1 Å². The molecule has 1 amide bonds. The molecule has 1 heterocycles. The van der Waals surface area contributed by atoms with Gasteiger partial charge in [-0.15, -0.1) is 0 Å². The maximum absolute atomic E-state index is 12.4. The van der Waals surface area contributed by atoms with Crippen molar-refractivity contribution in [3.05, 3.63) is 68.7 Å². The molecule has 2 aromatic carbocycles. The molecule has 7 nitrogen and oxygen atoms in total. The summed E-state index contributed by atoms with van der Waals surface area (Å²) in [5, 5.41) is 3.25. The number of methoxy groups -OCH3 is 1. The molecule has 0 fully saturated rings. The van der Waals surface area contributed by atoms with Crippen LogP contribution in [0.3, 0.4) is 0 Å². The van der Waals surface area contributed by atoms with Gasteiger partial charge in [-0.3, -0.25) is 23.7 Å². The summed E-state index contributed by atoms with van der Waals surface area (Å²) in [5.74, 6) is 0.317. The Kier molecular flexibility index (Phi) is 4.14. The van der Waals surface area contributed by atoms with Crippen LogP contribution < -0.4 is 21.2 Å². The van der Waals surface area contributed by atoms with Crippen LogP contribution in [0.4, 0.5) is 5.69 Å². The van der Waals surface area contributed by atoms with Crippen LogP contribution in [0.25, 0.3) is 10.8 Å². The summed E-state index contributed by atoms with van der Waals surface area (Å²) in [6.45, 7) is 0. The van der Waals surface area contributed by atoms with Crippen LogP contribution >= 0.6 is 0 Å². The van der Waals surface area contributed by atoms with Crippen molar-refractivity contribution in [3.8, 4) is 5.75 Å². The molecule has 25 heavy (non-hydrogen) atoms. The number of ether oxygens (including phenoxy) is 1. The Morgan fingerprint density at radius 1 is 0.920 bits per heavy atom. The number of nitrogens with zero attached hydrogens (tertiary/aromatic N) is 2. The second-order valence-electron chi connectivity index (χ2n) is 5.60. The van der Waals surface area contributed by atoms with Gasteiger partial charge >= 0.3 is 0 Å². The van der Waals surface area contributed by atoms with Crippen molar-refractivity contribution >= 4 is 22.4 Å². The lowest BCUT2D eigenvalue weighted by molar-refractivity contribution is 0.102. The first-order valence-corrected chi connectivity index (χ1v) is 7.58. The molecule has 0 spiro atoms. The van der Waals surface area contributed by atoms with E-state index in [9.17, 15) is 14.4 Å². The first-order valence-electron chi connectivity index (χ1n) is 7.58. The van der Waals surface area contributed by atoms with Crippen molar-refractivity contribution in [2.24, 2.45) is 14.1 Å². The summed E-state index contributed by atoms with van der Waals surface area (Å²) in [5.41, 5.74) is 0.270. The molecule has 1 N–H and O–H groups in total. The Bertz CT molecular complexity index is 1080. The quantitative estimate of drug-likeness (QED) is 0.784. The van der Waals surface area contributed by atoms with Gasteiger partial charge in [-0.1, -0.05) is 0 Å². The van der Waals surface area contributed by atoms with Crippen LogP contribution in [0.2, 0.25) is 0 Å². The van der Waals surface area contributed by atoms with Gasteiger partial charge in [0.15, 0.2) is 0 Å². The molecule has 7 heteroatoms. The average Bonchev–Trinajstić information content (AvgIpc) is 2.64. The van der Waals surface area contributed by atoms with E-state index in [2.05, 4.69) is 5.32 Å². The molecule has 3 aromatic rings. The maximum atomic E-state index is 12.4. The molecule has 0 saturated heterocycles. The number of carbonyl (C=O) groups excluding carboxylic acids is 1. The fraction of sp³-hybridized carbons (Fsp3) is 0.167. The predicted octanol–water partition coefficient (Wildman–Crippen LogP) is 1.50. The number of benzene rings is 2. The van der Waals surface area contributed by atoms with Crippen molar-refractivity contribution in [3.63, 3.8) is 0 Å². The Balaban J connectivity index is 1.99. The van der Waals surface area contributed by atoms with E-state index in [1.807, 2.05) is 0 Å². The van der Waals surface area contributed by atoms with E-state index >= 15 is 0 Å². The van der Waals surface area contributed by atoms with Crippen molar-refractivity contribution in [2.45, 2.75) is 0 Å². The average molecular weight is 339 g/mol. The molecule has 0 aliphatic heterocycles. The molecule has 128 valence electrons. The lowest BCUT2D eigenvalue weighted by Crippen LogP contribution is -2.35. The monoisotopic (exact) mass is 339 g/mol. The van der Waals surface area contributed by atoms with E-state index in [0.29, 0.717) is 17.0 Å². The third-order valence-corrected chi connectivity index (χ3v) is 4.13. The number of rotatable bonds is 3. The molecule has 0 aliphatic rings. The minimum Gasteiger partial charge on any atom is -0.497 e. The first kappa shape index (κ1) is 16.5. The van der Waals surface area contributed by atoms with E-state index < -0.39 is 0 Å². The maximum Gasteiger partial charge on any atom is 0.273 e. The molecular formula is C18H17N3O4. The Labute approximate surface area is 143 Å². The molecule has 0 saturated carbocycles. The molecule has 0 radical (unpaired) electrons. The van der Waals surface area contributed by atoms with Gasteiger partial charge in [0.1, 0.15) is 5.75 Å². The zero-order valence-corrected chi connectivity index (χ0v) is 14.1. The lowest BCUT2D eigenvalue weighted by atomic mass is 10.1. The highest BCUT2D eigenvalue weighted by atomic mass is 16.5. The normalized spacial score (nSPS) is 10.7. The van der Waals surface area contributed by atoms with Crippen molar-refractivity contribution in [1.29, 1.82) is 0 Å². The van der Waals surface area contributed by atoms with Crippen molar-refractivity contribution < 1.29 is 9.53 Å². The number of amides is 1. The minimum atomic E-state index is -0.366. The summed E-state index contributed by atoms with van der Waals surface area (Å²) in [7, 11) is 4.59. The number of hydrogen-bond donors (Lipinski definition) is 1. The molecule has 0 unspecified atom stereocenters. The number of hydrogen-bond acceptors (Lipinski definition) is 4. The largest absolute Gasteiger partial charge is 0.497 e. The highest BCUT2D eigenvalue weighted by molar-refractivity contribution is 6.06. The van der Waals surface area contributed by atoms with Gasteiger partial charge < -0.3 is 10.1 Å². The van der Waals surface area contributed by atoms with Gasteiger partial charge in [-0.25, -0.2) is 0 Å². The molecule has 3 rings (SSSR count). The summed E-state index contributed by atoms with van der Waals surface area (Å²) in [6.07, 6.45) is 0. The number of carbonyl (C=O) groups is 1. The second-order valence-corrected chi connectivity index (χ2v) is 5.60. The van der Waals surface area contributed by atoms with Gasteiger partial charge in [0.05, 0.1) is 17.9 Å². The van der Waals surface area contributed by atoms with Gasteiger partial charge in [0, 0.05) is 25.3 Å². The summed E-state index contributed by atoms with van der Waals surface area (Å²) < 4.78 is 7.53. The Hall–Kier alpha value is -3.35. The third kappa shape index (κ3) is 2.91. The zero-order chi connectivity index (χ0) is 18.1. The van der Waals surface area contributed by atoms with E-state index in [-0.39, 0.29) is 27.8 Å². The third-order valence-electron chi connectivity index (χ3n) is 4.13. The first-order chi connectivity index (χ1) is 11.9. The summed E-state index contributed by atoms with van der Waals surface area (Å²) in [4.78, 5) is 37.0. The standard InChI is InChI=1S/C18H17N3O4/c1-20-17(23)14-9-4-11(10-15(14)18(24)21(20)2)16(22)19-12-5-7-13(25-3)8-6-12/h4-10H,1-3H3,(H,19,22). The predicted molar refractivity (Wildman–Crippen MR) is 95.4 cm³/mol. The highest BCUT2D eigenvalue weighted by Crippen LogP contribution is 2.16. The second kappa shape index (κ2) is 6.27. The molecule has 0 aliphatic carbocycles. The van der Waals surface area contributed by atoms with Crippen LogP contribution in [-0.4, -0.2) is 22.4 Å². The van der Waals surface area contributed by atoms with Crippen molar-refractivity contribution in [1.82, 2.24) is 9.36 Å². The highest BCUT2D eigenvalue weighted by Gasteiger charge is 2.12. The van der Waals surface area contributed by atoms with Gasteiger partial charge in [-0.2, -0.15) is 0 Å². The fourth-order valence-corrected chi connectivity index (χ4v) is 2.55. The van der Waals surface area contributed by atoms with Gasteiger partial charge in [0.25, 0.3) is 17.0 Å². The lowest BCUT2D eigenvalue weighted by Gasteiger charge is -2.10. The summed E-state index contributed by atoms with van der Waals surface area (Å²) >= 11 is 0. The minimum absolute atomic E-state index is 0.216. The topological polar surface area (TPSA) is 82.3 Å². The van der Waals surface area contributed by atoms with Crippen LogP contribution in [0.5, 0.6) is 5.75 Å². The number of nitrogens with one attached hydrogen (secondary N) is 1. The molecule has 0 bridgehead atoms. The Morgan fingerprint density at radius 2 is 1.52 bits per heavy atom. The molecular weight excluding hydrogens is 322 g/mol. The smallest absolute Gasteiger partial charge is 0.273 e. The van der Waals surface area contributed by atoms with E-state index in [1.54, 1.807) is 31.4 Å².